The fraction of sp³-hybridized carbons (Fsp3) is 0.471. The Labute approximate surface area is 152 Å². The van der Waals surface area contributed by atoms with Crippen LogP contribution in [0.25, 0.3) is 5.69 Å². The fourth-order valence-electron chi connectivity index (χ4n) is 3.91. The first-order valence-corrected chi connectivity index (χ1v) is 8.69. The van der Waals surface area contributed by atoms with Gasteiger partial charge in [0.2, 0.25) is 0 Å². The fourth-order valence-corrected chi connectivity index (χ4v) is 3.91. The van der Waals surface area contributed by atoms with Crippen molar-refractivity contribution in [2.45, 2.75) is 37.5 Å². The molecule has 27 heavy (non-hydrogen) atoms. The Bertz CT molecular complexity index is 851. The summed E-state index contributed by atoms with van der Waals surface area (Å²) in [5, 5.41) is 10.2. The lowest BCUT2D eigenvalue weighted by Crippen LogP contribution is -2.43. The number of aromatic nitrogens is 3. The maximum atomic E-state index is 14.0. The van der Waals surface area contributed by atoms with Crippen molar-refractivity contribution in [3.63, 3.8) is 0 Å². The van der Waals surface area contributed by atoms with E-state index in [2.05, 4.69) is 15.6 Å². The van der Waals surface area contributed by atoms with Gasteiger partial charge in [-0.05, 0) is 37.9 Å². The topological polar surface area (TPSA) is 63.1 Å². The average molecular weight is 383 g/mol. The third-order valence-electron chi connectivity index (χ3n) is 5.11. The SMILES string of the molecule is O=C(c1nnn(-c2ccccc2F)c1C(F)(F)F)N1C2CCNCC1CC2. The second kappa shape index (κ2) is 6.59. The van der Waals surface area contributed by atoms with Crippen LogP contribution in [0, 0.1) is 5.82 Å². The van der Waals surface area contributed by atoms with Crippen LogP contribution in [0.2, 0.25) is 0 Å². The number of carbonyl (C=O) groups is 1. The van der Waals surface area contributed by atoms with Crippen molar-refractivity contribution in [3.05, 3.63) is 41.5 Å². The van der Waals surface area contributed by atoms with Gasteiger partial charge in [0.15, 0.2) is 11.4 Å². The molecule has 2 saturated heterocycles. The minimum Gasteiger partial charge on any atom is -0.330 e. The molecule has 0 spiro atoms. The first-order valence-electron chi connectivity index (χ1n) is 8.69. The predicted octanol–water partition coefficient (Wildman–Crippen LogP) is 2.39. The first-order chi connectivity index (χ1) is 12.9. The number of carbonyl (C=O) groups excluding carboxylic acids is 1. The van der Waals surface area contributed by atoms with Crippen LogP contribution in [-0.2, 0) is 6.18 Å². The summed E-state index contributed by atoms with van der Waals surface area (Å²) < 4.78 is 55.7. The van der Waals surface area contributed by atoms with Crippen molar-refractivity contribution in [1.82, 2.24) is 25.2 Å². The molecule has 2 unspecified atom stereocenters. The zero-order chi connectivity index (χ0) is 19.2. The average Bonchev–Trinajstić information content (AvgIpc) is 3.15. The number of rotatable bonds is 2. The lowest BCUT2D eigenvalue weighted by atomic mass is 10.1. The van der Waals surface area contributed by atoms with E-state index in [1.54, 1.807) is 0 Å². The number of alkyl halides is 3. The summed E-state index contributed by atoms with van der Waals surface area (Å²) in [6.45, 7) is 1.24. The van der Waals surface area contributed by atoms with Crippen LogP contribution in [0.4, 0.5) is 17.6 Å². The molecule has 0 saturated carbocycles. The molecule has 3 heterocycles. The van der Waals surface area contributed by atoms with E-state index in [-0.39, 0.29) is 12.1 Å². The molecule has 2 bridgehead atoms. The van der Waals surface area contributed by atoms with Gasteiger partial charge in [0.25, 0.3) is 5.91 Å². The van der Waals surface area contributed by atoms with Gasteiger partial charge in [0.1, 0.15) is 11.5 Å². The number of amides is 1. The maximum Gasteiger partial charge on any atom is 0.435 e. The lowest BCUT2D eigenvalue weighted by molar-refractivity contribution is -0.143. The number of benzene rings is 1. The van der Waals surface area contributed by atoms with Crippen molar-refractivity contribution in [2.24, 2.45) is 0 Å². The molecule has 2 aliphatic heterocycles. The van der Waals surface area contributed by atoms with Gasteiger partial charge in [-0.15, -0.1) is 5.10 Å². The quantitative estimate of drug-likeness (QED) is 0.809. The molecular weight excluding hydrogens is 366 g/mol. The minimum atomic E-state index is -4.92. The van der Waals surface area contributed by atoms with E-state index in [4.69, 9.17) is 0 Å². The summed E-state index contributed by atoms with van der Waals surface area (Å²) in [5.41, 5.74) is -2.55. The summed E-state index contributed by atoms with van der Waals surface area (Å²) in [5.74, 6) is -1.69. The van der Waals surface area contributed by atoms with E-state index in [0.717, 1.165) is 25.0 Å². The number of para-hydroxylation sites is 1. The normalized spacial score (nSPS) is 22.7. The van der Waals surface area contributed by atoms with Crippen molar-refractivity contribution >= 4 is 5.91 Å². The Morgan fingerprint density at radius 1 is 1.15 bits per heavy atom. The number of halogens is 4. The number of hydrogen-bond donors (Lipinski definition) is 1. The molecule has 2 fully saturated rings. The number of nitrogens with one attached hydrogen (secondary N) is 1. The summed E-state index contributed by atoms with van der Waals surface area (Å²) >= 11 is 0. The molecule has 4 rings (SSSR count). The van der Waals surface area contributed by atoms with E-state index in [9.17, 15) is 22.4 Å². The predicted molar refractivity (Wildman–Crippen MR) is 86.8 cm³/mol. The molecular formula is C17H17F4N5O. The summed E-state index contributed by atoms with van der Waals surface area (Å²) in [7, 11) is 0. The largest absolute Gasteiger partial charge is 0.435 e. The van der Waals surface area contributed by atoms with Crippen LogP contribution in [0.1, 0.15) is 35.4 Å². The van der Waals surface area contributed by atoms with E-state index < -0.39 is 35.0 Å². The van der Waals surface area contributed by atoms with Crippen LogP contribution >= 0.6 is 0 Å². The van der Waals surface area contributed by atoms with Crippen LogP contribution in [0.5, 0.6) is 0 Å². The summed E-state index contributed by atoms with van der Waals surface area (Å²) in [6.07, 6.45) is -2.77. The molecule has 144 valence electrons. The van der Waals surface area contributed by atoms with Gasteiger partial charge in [-0.2, -0.15) is 13.2 Å². The van der Waals surface area contributed by atoms with Gasteiger partial charge in [-0.1, -0.05) is 17.3 Å². The smallest absolute Gasteiger partial charge is 0.330 e. The Balaban J connectivity index is 1.80. The molecule has 0 aliphatic carbocycles. The maximum absolute atomic E-state index is 14.0. The van der Waals surface area contributed by atoms with Crippen LogP contribution in [-0.4, -0.2) is 51.0 Å². The van der Waals surface area contributed by atoms with E-state index in [1.807, 2.05) is 0 Å². The van der Waals surface area contributed by atoms with Crippen LogP contribution < -0.4 is 5.32 Å². The zero-order valence-electron chi connectivity index (χ0n) is 14.2. The molecule has 6 nitrogen and oxygen atoms in total. The van der Waals surface area contributed by atoms with Crippen molar-refractivity contribution in [2.75, 3.05) is 13.1 Å². The molecule has 1 aromatic heterocycles. The summed E-state index contributed by atoms with van der Waals surface area (Å²) in [6, 6.07) is 4.63. The monoisotopic (exact) mass is 383 g/mol. The molecule has 1 aromatic carbocycles. The Morgan fingerprint density at radius 3 is 2.63 bits per heavy atom. The van der Waals surface area contributed by atoms with Gasteiger partial charge in [-0.25, -0.2) is 9.07 Å². The molecule has 2 aromatic rings. The van der Waals surface area contributed by atoms with E-state index in [1.165, 1.54) is 17.0 Å². The van der Waals surface area contributed by atoms with E-state index in [0.29, 0.717) is 24.2 Å². The highest BCUT2D eigenvalue weighted by Crippen LogP contribution is 2.36. The number of nitrogens with zero attached hydrogens (tertiary/aromatic N) is 4. The second-order valence-electron chi connectivity index (χ2n) is 6.74. The molecule has 2 atom stereocenters. The summed E-state index contributed by atoms with van der Waals surface area (Å²) in [4.78, 5) is 14.5. The van der Waals surface area contributed by atoms with Crippen molar-refractivity contribution in [1.29, 1.82) is 0 Å². The molecule has 10 heteroatoms. The van der Waals surface area contributed by atoms with Gasteiger partial charge in [-0.3, -0.25) is 4.79 Å². The van der Waals surface area contributed by atoms with Gasteiger partial charge < -0.3 is 10.2 Å². The minimum absolute atomic E-state index is 0.128. The standard InChI is InChI=1S/C17H17F4N5O/c18-12-3-1-2-4-13(12)26-15(17(19,20)21)14(23-24-26)16(27)25-10-5-6-11(25)9-22-8-7-10/h1-4,10-11,22H,5-9H2. The Morgan fingerprint density at radius 2 is 1.89 bits per heavy atom. The van der Waals surface area contributed by atoms with Crippen molar-refractivity contribution < 1.29 is 22.4 Å². The highest BCUT2D eigenvalue weighted by atomic mass is 19.4. The highest BCUT2D eigenvalue weighted by Gasteiger charge is 2.46. The van der Waals surface area contributed by atoms with E-state index >= 15 is 0 Å². The Kier molecular flexibility index (Phi) is 4.37. The third kappa shape index (κ3) is 3.07. The van der Waals surface area contributed by atoms with Crippen LogP contribution in [0.15, 0.2) is 24.3 Å². The number of fused-ring (bicyclic) bond motifs is 2. The Hall–Kier alpha value is -2.49. The van der Waals surface area contributed by atoms with Crippen LogP contribution in [0.3, 0.4) is 0 Å². The molecule has 1 N–H and O–H groups in total. The first kappa shape index (κ1) is 17.9. The number of hydrogen-bond acceptors (Lipinski definition) is 4. The molecule has 2 aliphatic rings. The van der Waals surface area contributed by atoms with Gasteiger partial charge in [0.05, 0.1) is 0 Å². The molecule has 0 radical (unpaired) electrons. The second-order valence-corrected chi connectivity index (χ2v) is 6.74. The van der Waals surface area contributed by atoms with Gasteiger partial charge >= 0.3 is 6.18 Å². The zero-order valence-corrected chi connectivity index (χ0v) is 14.2. The van der Waals surface area contributed by atoms with Crippen molar-refractivity contribution in [3.8, 4) is 5.69 Å². The lowest BCUT2D eigenvalue weighted by Gasteiger charge is -2.27. The third-order valence-corrected chi connectivity index (χ3v) is 5.11. The molecule has 1 amide bonds. The van der Waals surface area contributed by atoms with Gasteiger partial charge in [0, 0.05) is 18.6 Å². The highest BCUT2D eigenvalue weighted by molar-refractivity contribution is 5.94.